The normalized spacial score (nSPS) is 28.3. The van der Waals surface area contributed by atoms with Crippen LogP contribution in [0.15, 0.2) is 11.6 Å². The minimum absolute atomic E-state index is 0.485. The number of rotatable bonds is 2. The summed E-state index contributed by atoms with van der Waals surface area (Å²) in [7, 11) is 0. The van der Waals surface area contributed by atoms with Gasteiger partial charge in [0.2, 0.25) is 0 Å². The van der Waals surface area contributed by atoms with Gasteiger partial charge in [-0.15, -0.1) is 0 Å². The predicted octanol–water partition coefficient (Wildman–Crippen LogP) is 2.72. The Morgan fingerprint density at radius 3 is 2.75 bits per heavy atom. The van der Waals surface area contributed by atoms with Crippen LogP contribution in [0.5, 0.6) is 0 Å². The van der Waals surface area contributed by atoms with E-state index in [-0.39, 0.29) is 0 Å². The highest BCUT2D eigenvalue weighted by atomic mass is 14.5. The quantitative estimate of drug-likeness (QED) is 0.629. The van der Waals surface area contributed by atoms with Gasteiger partial charge in [-0.1, -0.05) is 32.4 Å². The topological polar surface area (TPSA) is 26.0 Å². The SMILES string of the molecule is CC1CC=C(CCN)CC1(C)C. The molecular weight excluding hydrogens is 146 g/mol. The Balaban J connectivity index is 2.61. The molecule has 0 amide bonds. The molecule has 0 heterocycles. The summed E-state index contributed by atoms with van der Waals surface area (Å²) < 4.78 is 0. The second-order valence-corrected chi connectivity index (χ2v) is 4.70. The van der Waals surface area contributed by atoms with Gasteiger partial charge in [-0.05, 0) is 37.1 Å². The number of nitrogens with two attached hydrogens (primary N) is 1. The lowest BCUT2D eigenvalue weighted by molar-refractivity contribution is 0.215. The fourth-order valence-electron chi connectivity index (χ4n) is 1.87. The number of hydrogen-bond donors (Lipinski definition) is 1. The Hall–Kier alpha value is -0.300. The third kappa shape index (κ3) is 2.10. The Morgan fingerprint density at radius 1 is 1.58 bits per heavy atom. The van der Waals surface area contributed by atoms with E-state index in [1.54, 1.807) is 5.57 Å². The molecule has 0 aromatic carbocycles. The van der Waals surface area contributed by atoms with Crippen LogP contribution in [0.3, 0.4) is 0 Å². The lowest BCUT2D eigenvalue weighted by Crippen LogP contribution is -2.25. The summed E-state index contributed by atoms with van der Waals surface area (Å²) >= 11 is 0. The number of allylic oxidation sites excluding steroid dienone is 1. The van der Waals surface area contributed by atoms with E-state index in [1.807, 2.05) is 0 Å². The van der Waals surface area contributed by atoms with Gasteiger partial charge in [0.15, 0.2) is 0 Å². The van der Waals surface area contributed by atoms with E-state index in [2.05, 4.69) is 26.8 Å². The van der Waals surface area contributed by atoms with Crippen molar-refractivity contribution in [3.05, 3.63) is 11.6 Å². The van der Waals surface area contributed by atoms with Crippen LogP contribution >= 0.6 is 0 Å². The first kappa shape index (κ1) is 9.79. The van der Waals surface area contributed by atoms with Crippen molar-refractivity contribution in [1.29, 1.82) is 0 Å². The summed E-state index contributed by atoms with van der Waals surface area (Å²) in [5.41, 5.74) is 7.60. The molecule has 2 N–H and O–H groups in total. The average molecular weight is 167 g/mol. The molecule has 1 rings (SSSR count). The van der Waals surface area contributed by atoms with Crippen LogP contribution in [0.25, 0.3) is 0 Å². The molecule has 0 fully saturated rings. The van der Waals surface area contributed by atoms with Crippen molar-refractivity contribution in [2.24, 2.45) is 17.1 Å². The van der Waals surface area contributed by atoms with E-state index in [0.717, 1.165) is 18.9 Å². The fourth-order valence-corrected chi connectivity index (χ4v) is 1.87. The smallest absolute Gasteiger partial charge is 0.00399 e. The van der Waals surface area contributed by atoms with Crippen molar-refractivity contribution in [1.82, 2.24) is 0 Å². The summed E-state index contributed by atoms with van der Waals surface area (Å²) in [6, 6.07) is 0. The molecular formula is C11H21N. The largest absolute Gasteiger partial charge is 0.330 e. The maximum atomic E-state index is 5.54. The average Bonchev–Trinajstić information content (AvgIpc) is 1.97. The molecule has 1 heteroatoms. The molecule has 0 radical (unpaired) electrons. The van der Waals surface area contributed by atoms with Crippen LogP contribution in [0.2, 0.25) is 0 Å². The maximum absolute atomic E-state index is 5.54. The van der Waals surface area contributed by atoms with Crippen molar-refractivity contribution in [2.75, 3.05) is 6.54 Å². The van der Waals surface area contributed by atoms with Gasteiger partial charge in [-0.25, -0.2) is 0 Å². The zero-order chi connectivity index (χ0) is 9.19. The molecule has 0 saturated carbocycles. The molecule has 0 saturated heterocycles. The van der Waals surface area contributed by atoms with Gasteiger partial charge < -0.3 is 5.73 Å². The van der Waals surface area contributed by atoms with Crippen LogP contribution in [0.1, 0.15) is 40.0 Å². The molecule has 0 aliphatic heterocycles. The fraction of sp³-hybridized carbons (Fsp3) is 0.818. The van der Waals surface area contributed by atoms with Gasteiger partial charge in [0, 0.05) is 0 Å². The van der Waals surface area contributed by atoms with Gasteiger partial charge >= 0.3 is 0 Å². The highest BCUT2D eigenvalue weighted by molar-refractivity contribution is 5.10. The van der Waals surface area contributed by atoms with Crippen LogP contribution < -0.4 is 5.73 Å². The summed E-state index contributed by atoms with van der Waals surface area (Å²) in [6.07, 6.45) is 5.96. The molecule has 1 unspecified atom stereocenters. The van der Waals surface area contributed by atoms with Crippen LogP contribution in [-0.2, 0) is 0 Å². The summed E-state index contributed by atoms with van der Waals surface area (Å²) in [6.45, 7) is 7.87. The van der Waals surface area contributed by atoms with Gasteiger partial charge in [0.1, 0.15) is 0 Å². The first-order valence-electron chi connectivity index (χ1n) is 4.94. The van der Waals surface area contributed by atoms with E-state index in [4.69, 9.17) is 5.73 Å². The second-order valence-electron chi connectivity index (χ2n) is 4.70. The van der Waals surface area contributed by atoms with Crippen molar-refractivity contribution in [3.63, 3.8) is 0 Å². The lowest BCUT2D eigenvalue weighted by atomic mass is 9.69. The molecule has 0 spiro atoms. The highest BCUT2D eigenvalue weighted by Crippen LogP contribution is 2.40. The molecule has 0 aromatic rings. The van der Waals surface area contributed by atoms with Gasteiger partial charge in [-0.3, -0.25) is 0 Å². The highest BCUT2D eigenvalue weighted by Gasteiger charge is 2.28. The van der Waals surface area contributed by atoms with Crippen LogP contribution in [-0.4, -0.2) is 6.54 Å². The standard InChI is InChI=1S/C11H21N/c1-9-4-5-10(6-7-12)8-11(9,2)3/h5,9H,4,6-8,12H2,1-3H3. The maximum Gasteiger partial charge on any atom is -0.00399 e. The summed E-state index contributed by atoms with van der Waals surface area (Å²) in [4.78, 5) is 0. The number of hydrogen-bond acceptors (Lipinski definition) is 1. The minimum Gasteiger partial charge on any atom is -0.330 e. The Bertz CT molecular complexity index is 179. The monoisotopic (exact) mass is 167 g/mol. The third-order valence-corrected chi connectivity index (χ3v) is 3.24. The van der Waals surface area contributed by atoms with E-state index in [9.17, 15) is 0 Å². The summed E-state index contributed by atoms with van der Waals surface area (Å²) in [5, 5.41) is 0. The molecule has 1 nitrogen and oxygen atoms in total. The second kappa shape index (κ2) is 3.61. The first-order valence-corrected chi connectivity index (χ1v) is 4.94. The van der Waals surface area contributed by atoms with Crippen LogP contribution in [0.4, 0.5) is 0 Å². The minimum atomic E-state index is 0.485. The summed E-state index contributed by atoms with van der Waals surface area (Å²) in [5.74, 6) is 0.819. The van der Waals surface area contributed by atoms with Crippen molar-refractivity contribution >= 4 is 0 Å². The van der Waals surface area contributed by atoms with Crippen molar-refractivity contribution in [2.45, 2.75) is 40.0 Å². The molecule has 0 aromatic heterocycles. The van der Waals surface area contributed by atoms with E-state index < -0.39 is 0 Å². The Kier molecular flexibility index (Phi) is 2.94. The molecule has 70 valence electrons. The molecule has 0 bridgehead atoms. The zero-order valence-electron chi connectivity index (χ0n) is 8.56. The molecule has 12 heavy (non-hydrogen) atoms. The predicted molar refractivity (Wildman–Crippen MR) is 53.9 cm³/mol. The van der Waals surface area contributed by atoms with E-state index in [0.29, 0.717) is 5.41 Å². The Morgan fingerprint density at radius 2 is 2.25 bits per heavy atom. The van der Waals surface area contributed by atoms with E-state index >= 15 is 0 Å². The van der Waals surface area contributed by atoms with Crippen molar-refractivity contribution in [3.8, 4) is 0 Å². The molecule has 1 aliphatic rings. The van der Waals surface area contributed by atoms with E-state index in [1.165, 1.54) is 12.8 Å². The molecule has 1 aliphatic carbocycles. The Labute approximate surface area is 76.0 Å². The van der Waals surface area contributed by atoms with Crippen LogP contribution in [0, 0.1) is 11.3 Å². The first-order chi connectivity index (χ1) is 5.56. The lowest BCUT2D eigenvalue weighted by Gasteiger charge is -2.36. The van der Waals surface area contributed by atoms with Gasteiger partial charge in [0.05, 0.1) is 0 Å². The van der Waals surface area contributed by atoms with Gasteiger partial charge in [-0.2, -0.15) is 0 Å². The van der Waals surface area contributed by atoms with Crippen molar-refractivity contribution < 1.29 is 0 Å². The third-order valence-electron chi connectivity index (χ3n) is 3.24. The molecule has 1 atom stereocenters. The van der Waals surface area contributed by atoms with Gasteiger partial charge in [0.25, 0.3) is 0 Å². The zero-order valence-corrected chi connectivity index (χ0v) is 8.56.